The fourth-order valence-corrected chi connectivity index (χ4v) is 3.76. The number of benzene rings is 1. The number of carbonyl (C=O) groups is 1. The summed E-state index contributed by atoms with van der Waals surface area (Å²) >= 11 is 0. The Bertz CT molecular complexity index is 701. The highest BCUT2D eigenvalue weighted by molar-refractivity contribution is 7.90. The average molecular weight is 400 g/mol. The lowest BCUT2D eigenvalue weighted by molar-refractivity contribution is -0.00289. The predicted molar refractivity (Wildman–Crippen MR) is 108 cm³/mol. The molecule has 2 rings (SSSR count). The van der Waals surface area contributed by atoms with Crippen molar-refractivity contribution in [2.24, 2.45) is 0 Å². The summed E-state index contributed by atoms with van der Waals surface area (Å²) in [5.74, 6) is 0.0656. The predicted octanol–water partition coefficient (Wildman–Crippen LogP) is 2.70. The number of hydrogen-bond donors (Lipinski definition) is 1. The highest BCUT2D eigenvalue weighted by Crippen LogP contribution is 2.20. The zero-order valence-electron chi connectivity index (χ0n) is 16.8. The zero-order chi connectivity index (χ0) is 19.4. The first-order valence-electron chi connectivity index (χ1n) is 8.97. The Morgan fingerprint density at radius 2 is 1.81 bits per heavy atom. The van der Waals surface area contributed by atoms with Gasteiger partial charge in [0.25, 0.3) is 0 Å². The van der Waals surface area contributed by atoms with E-state index < -0.39 is 15.4 Å². The van der Waals surface area contributed by atoms with Crippen molar-refractivity contribution in [1.29, 1.82) is 0 Å². The third kappa shape index (κ3) is 8.28. The van der Waals surface area contributed by atoms with Crippen LogP contribution in [0.4, 0.5) is 4.79 Å². The van der Waals surface area contributed by atoms with E-state index in [1.54, 1.807) is 4.90 Å². The van der Waals surface area contributed by atoms with Crippen LogP contribution in [-0.4, -0.2) is 67.6 Å². The second-order valence-electron chi connectivity index (χ2n) is 7.97. The van der Waals surface area contributed by atoms with Crippen LogP contribution in [0.25, 0.3) is 0 Å². The average Bonchev–Trinajstić information content (AvgIpc) is 2.51. The summed E-state index contributed by atoms with van der Waals surface area (Å²) < 4.78 is 28.7. The number of ether oxygens (including phenoxy) is 1. The molecule has 154 valence electrons. The van der Waals surface area contributed by atoms with Gasteiger partial charge in [0, 0.05) is 38.5 Å². The Kier molecular flexibility index (Phi) is 8.25. The van der Waals surface area contributed by atoms with Gasteiger partial charge in [-0.25, -0.2) is 13.2 Å². The van der Waals surface area contributed by atoms with Gasteiger partial charge in [-0.2, -0.15) is 0 Å². The van der Waals surface area contributed by atoms with E-state index in [0.29, 0.717) is 19.5 Å². The second-order valence-corrected chi connectivity index (χ2v) is 10.2. The molecule has 7 nitrogen and oxygen atoms in total. The van der Waals surface area contributed by atoms with Crippen LogP contribution in [0.2, 0.25) is 0 Å². The van der Waals surface area contributed by atoms with Crippen LogP contribution in [-0.2, 0) is 21.1 Å². The van der Waals surface area contributed by atoms with Gasteiger partial charge in [-0.05, 0) is 32.8 Å². The first-order chi connectivity index (χ1) is 12.0. The Balaban J connectivity index is 0.00000364. The van der Waals surface area contributed by atoms with Crippen LogP contribution in [0.1, 0.15) is 32.8 Å². The molecule has 1 saturated heterocycles. The van der Waals surface area contributed by atoms with Crippen molar-refractivity contribution in [3.8, 4) is 0 Å². The van der Waals surface area contributed by atoms with E-state index in [-0.39, 0.29) is 24.0 Å². The van der Waals surface area contributed by atoms with Gasteiger partial charge >= 0.3 is 6.09 Å². The highest BCUT2D eigenvalue weighted by Gasteiger charge is 2.33. The number of rotatable bonds is 5. The molecule has 0 spiro atoms. The largest absolute Gasteiger partial charge is 0.444 e. The van der Waals surface area contributed by atoms with Crippen LogP contribution in [0.15, 0.2) is 30.3 Å². The minimum Gasteiger partial charge on any atom is -0.444 e. The molecular weight excluding hydrogens is 366 g/mol. The van der Waals surface area contributed by atoms with Crippen LogP contribution in [0.3, 0.4) is 0 Å². The van der Waals surface area contributed by atoms with E-state index in [0.717, 1.165) is 13.1 Å². The monoisotopic (exact) mass is 399 g/mol. The first kappa shape index (κ1) is 23.4. The summed E-state index contributed by atoms with van der Waals surface area (Å²) in [6, 6.07) is 9.98. The topological polar surface area (TPSA) is 102 Å². The smallest absolute Gasteiger partial charge is 0.410 e. The number of piperazine rings is 1. The zero-order valence-corrected chi connectivity index (χ0v) is 17.7. The Hall–Kier alpha value is -1.64. The maximum atomic E-state index is 12.5. The lowest BCUT2D eigenvalue weighted by atomic mass is 10.1. The quantitative estimate of drug-likeness (QED) is 0.817. The number of hydrogen-bond acceptors (Lipinski definition) is 6. The fraction of sp³-hybridized carbons (Fsp3) is 0.632. The standard InChI is InChI=1S/C19H30N2O4S.H3N/c1-19(2,3)25-18(22)21-12-11-20(14-16-8-6-5-7-9-16)15-17(21)10-13-26(4,23)24;/h5-9,17H,10-15H2,1-4H3;1H3/t17-;/m0./s1. The first-order valence-corrected chi connectivity index (χ1v) is 11.0. The van der Waals surface area contributed by atoms with Gasteiger partial charge in [-0.1, -0.05) is 30.3 Å². The maximum absolute atomic E-state index is 12.5. The van der Waals surface area contributed by atoms with E-state index in [1.807, 2.05) is 39.0 Å². The van der Waals surface area contributed by atoms with Crippen molar-refractivity contribution < 1.29 is 17.9 Å². The molecule has 27 heavy (non-hydrogen) atoms. The molecule has 0 bridgehead atoms. The second kappa shape index (κ2) is 9.52. The van der Waals surface area contributed by atoms with E-state index in [2.05, 4.69) is 17.0 Å². The molecule has 1 aliphatic heterocycles. The summed E-state index contributed by atoms with van der Waals surface area (Å²) in [5, 5.41) is 0. The fourth-order valence-electron chi connectivity index (χ4n) is 3.06. The van der Waals surface area contributed by atoms with Crippen molar-refractivity contribution in [2.75, 3.05) is 31.6 Å². The lowest BCUT2D eigenvalue weighted by Crippen LogP contribution is -2.56. The van der Waals surface area contributed by atoms with E-state index in [4.69, 9.17) is 4.74 Å². The van der Waals surface area contributed by atoms with Crippen molar-refractivity contribution in [3.63, 3.8) is 0 Å². The normalized spacial score (nSPS) is 18.7. The van der Waals surface area contributed by atoms with Crippen molar-refractivity contribution >= 4 is 15.9 Å². The van der Waals surface area contributed by atoms with Gasteiger partial charge in [0.05, 0.1) is 5.75 Å². The lowest BCUT2D eigenvalue weighted by Gasteiger charge is -2.41. The molecule has 1 atom stereocenters. The van der Waals surface area contributed by atoms with Gasteiger partial charge in [0.1, 0.15) is 15.4 Å². The molecule has 1 aromatic rings. The van der Waals surface area contributed by atoms with Crippen molar-refractivity contribution in [1.82, 2.24) is 16.0 Å². The van der Waals surface area contributed by atoms with Gasteiger partial charge in [0.2, 0.25) is 0 Å². The summed E-state index contributed by atoms with van der Waals surface area (Å²) in [6.45, 7) is 8.22. The van der Waals surface area contributed by atoms with Crippen molar-refractivity contribution in [3.05, 3.63) is 35.9 Å². The molecular formula is C19H33N3O4S. The number of sulfone groups is 1. The van der Waals surface area contributed by atoms with Crippen LogP contribution in [0, 0.1) is 0 Å². The van der Waals surface area contributed by atoms with Gasteiger partial charge in [-0.3, -0.25) is 4.90 Å². The SMILES string of the molecule is CC(C)(C)OC(=O)N1CCN(Cc2ccccc2)C[C@@H]1CCS(C)(=O)=O.N. The molecule has 1 aliphatic rings. The molecule has 3 N–H and O–H groups in total. The number of carbonyl (C=O) groups excluding carboxylic acids is 1. The van der Waals surface area contributed by atoms with Gasteiger partial charge in [0.15, 0.2) is 0 Å². The Labute approximate surface area is 163 Å². The Morgan fingerprint density at radius 1 is 1.19 bits per heavy atom. The Morgan fingerprint density at radius 3 is 2.37 bits per heavy atom. The third-order valence-electron chi connectivity index (χ3n) is 4.27. The van der Waals surface area contributed by atoms with Crippen LogP contribution < -0.4 is 6.15 Å². The minimum absolute atomic E-state index is 0. The molecule has 8 heteroatoms. The summed E-state index contributed by atoms with van der Waals surface area (Å²) in [4.78, 5) is 16.5. The molecule has 1 heterocycles. The van der Waals surface area contributed by atoms with Crippen LogP contribution in [0.5, 0.6) is 0 Å². The van der Waals surface area contributed by atoms with E-state index in [1.165, 1.54) is 11.8 Å². The number of amides is 1. The molecule has 0 aliphatic carbocycles. The van der Waals surface area contributed by atoms with E-state index in [9.17, 15) is 13.2 Å². The van der Waals surface area contributed by atoms with Crippen LogP contribution >= 0.6 is 0 Å². The molecule has 0 aromatic heterocycles. The minimum atomic E-state index is -3.08. The van der Waals surface area contributed by atoms with Gasteiger partial charge in [-0.15, -0.1) is 0 Å². The molecule has 0 saturated carbocycles. The molecule has 1 fully saturated rings. The summed E-state index contributed by atoms with van der Waals surface area (Å²) in [7, 11) is -3.08. The number of nitrogens with zero attached hydrogens (tertiary/aromatic N) is 2. The van der Waals surface area contributed by atoms with Crippen molar-refractivity contribution in [2.45, 2.75) is 45.4 Å². The third-order valence-corrected chi connectivity index (χ3v) is 5.24. The maximum Gasteiger partial charge on any atom is 0.410 e. The molecule has 0 radical (unpaired) electrons. The summed E-state index contributed by atoms with van der Waals surface area (Å²) in [6.07, 6.45) is 1.29. The molecule has 0 unspecified atom stereocenters. The van der Waals surface area contributed by atoms with E-state index >= 15 is 0 Å². The molecule has 1 aromatic carbocycles. The molecule has 1 amide bonds. The highest BCUT2D eigenvalue weighted by atomic mass is 32.2. The van der Waals surface area contributed by atoms with Gasteiger partial charge < -0.3 is 15.8 Å². The summed E-state index contributed by atoms with van der Waals surface area (Å²) in [5.41, 5.74) is 0.639.